The molecule has 24 heavy (non-hydrogen) atoms. The first-order valence-electron chi connectivity index (χ1n) is 9.16. The summed E-state index contributed by atoms with van der Waals surface area (Å²) in [5, 5.41) is 0. The molecule has 3 rings (SSSR count). The van der Waals surface area contributed by atoms with Gasteiger partial charge in [0.1, 0.15) is 0 Å². The van der Waals surface area contributed by atoms with Crippen molar-refractivity contribution >= 4 is 11.4 Å². The monoisotopic (exact) mass is 323 g/mol. The lowest BCUT2D eigenvalue weighted by Gasteiger charge is -2.36. The van der Waals surface area contributed by atoms with Gasteiger partial charge >= 0.3 is 0 Å². The van der Waals surface area contributed by atoms with Gasteiger partial charge in [-0.25, -0.2) is 0 Å². The number of nitrogen functional groups attached to an aromatic ring is 1. The second-order valence-electron chi connectivity index (χ2n) is 6.73. The van der Waals surface area contributed by atoms with E-state index in [0.29, 0.717) is 0 Å². The van der Waals surface area contributed by atoms with Crippen LogP contribution in [0.5, 0.6) is 0 Å². The number of nitrogens with zero attached hydrogens (tertiary/aromatic N) is 2. The average Bonchev–Trinajstić information content (AvgIpc) is 2.63. The highest BCUT2D eigenvalue weighted by atomic mass is 15.3. The van der Waals surface area contributed by atoms with Crippen LogP contribution in [-0.2, 0) is 13.0 Å². The Morgan fingerprint density at radius 2 is 1.62 bits per heavy atom. The number of piperazine rings is 1. The molecule has 0 bridgehead atoms. The molecule has 1 fully saturated rings. The normalized spacial score (nSPS) is 15.6. The molecule has 3 heteroatoms. The number of hydrogen-bond donors (Lipinski definition) is 1. The summed E-state index contributed by atoms with van der Waals surface area (Å²) in [6, 6.07) is 17.4. The lowest BCUT2D eigenvalue weighted by molar-refractivity contribution is 0.250. The quantitative estimate of drug-likeness (QED) is 0.818. The van der Waals surface area contributed by atoms with Crippen molar-refractivity contribution in [1.29, 1.82) is 0 Å². The lowest BCUT2D eigenvalue weighted by Crippen LogP contribution is -2.46. The van der Waals surface area contributed by atoms with E-state index in [9.17, 15) is 0 Å². The van der Waals surface area contributed by atoms with Crippen molar-refractivity contribution in [1.82, 2.24) is 4.90 Å². The van der Waals surface area contributed by atoms with Crippen LogP contribution in [0.15, 0.2) is 48.5 Å². The molecule has 0 amide bonds. The van der Waals surface area contributed by atoms with E-state index in [1.807, 2.05) is 12.1 Å². The minimum Gasteiger partial charge on any atom is -0.398 e. The van der Waals surface area contributed by atoms with Crippen molar-refractivity contribution in [2.45, 2.75) is 32.7 Å². The zero-order chi connectivity index (χ0) is 16.8. The van der Waals surface area contributed by atoms with E-state index in [1.54, 1.807) is 0 Å². The molecule has 0 aliphatic carbocycles. The second-order valence-corrected chi connectivity index (χ2v) is 6.73. The molecular weight excluding hydrogens is 294 g/mol. The van der Waals surface area contributed by atoms with Gasteiger partial charge in [0.15, 0.2) is 0 Å². The van der Waals surface area contributed by atoms with Gasteiger partial charge in [-0.2, -0.15) is 0 Å². The highest BCUT2D eigenvalue weighted by Gasteiger charge is 2.17. The van der Waals surface area contributed by atoms with Gasteiger partial charge in [-0.05, 0) is 42.2 Å². The molecule has 2 N–H and O–H groups in total. The smallest absolute Gasteiger partial charge is 0.0367 e. The van der Waals surface area contributed by atoms with Crippen molar-refractivity contribution in [2.24, 2.45) is 0 Å². The van der Waals surface area contributed by atoms with E-state index in [1.165, 1.54) is 36.1 Å². The number of rotatable bonds is 6. The first-order chi connectivity index (χ1) is 11.8. The molecule has 0 saturated carbocycles. The molecule has 1 saturated heterocycles. The first-order valence-corrected chi connectivity index (χ1v) is 9.16. The third-order valence-corrected chi connectivity index (χ3v) is 4.94. The van der Waals surface area contributed by atoms with Crippen LogP contribution < -0.4 is 10.6 Å². The summed E-state index contributed by atoms with van der Waals surface area (Å²) in [4.78, 5) is 4.99. The Morgan fingerprint density at radius 1 is 0.917 bits per heavy atom. The van der Waals surface area contributed by atoms with Crippen LogP contribution in [-0.4, -0.2) is 31.1 Å². The van der Waals surface area contributed by atoms with Gasteiger partial charge in [0, 0.05) is 44.1 Å². The van der Waals surface area contributed by atoms with E-state index in [4.69, 9.17) is 5.73 Å². The van der Waals surface area contributed by atoms with Crippen LogP contribution in [0.1, 0.15) is 30.9 Å². The predicted octanol–water partition coefficient (Wildman–Crippen LogP) is 3.93. The molecule has 0 aromatic heterocycles. The average molecular weight is 323 g/mol. The SMILES string of the molecule is CCCCc1ccc(N2CCN(Cc3ccccc3N)CC2)cc1. The van der Waals surface area contributed by atoms with E-state index in [0.717, 1.165) is 38.4 Å². The molecular formula is C21H29N3. The van der Waals surface area contributed by atoms with E-state index >= 15 is 0 Å². The fourth-order valence-electron chi connectivity index (χ4n) is 3.34. The Balaban J connectivity index is 1.52. The molecule has 0 spiro atoms. The molecule has 2 aromatic carbocycles. The highest BCUT2D eigenvalue weighted by molar-refractivity contribution is 5.48. The largest absolute Gasteiger partial charge is 0.398 e. The van der Waals surface area contributed by atoms with E-state index in [2.05, 4.69) is 53.1 Å². The van der Waals surface area contributed by atoms with Gasteiger partial charge in [-0.3, -0.25) is 4.90 Å². The van der Waals surface area contributed by atoms with Crippen LogP contribution in [0, 0.1) is 0 Å². The Bertz CT molecular complexity index is 628. The van der Waals surface area contributed by atoms with Crippen molar-refractivity contribution < 1.29 is 0 Å². The van der Waals surface area contributed by atoms with Gasteiger partial charge < -0.3 is 10.6 Å². The van der Waals surface area contributed by atoms with Crippen molar-refractivity contribution in [3.05, 3.63) is 59.7 Å². The third kappa shape index (κ3) is 4.30. The summed E-state index contributed by atoms with van der Waals surface area (Å²) >= 11 is 0. The number of anilines is 2. The van der Waals surface area contributed by atoms with Gasteiger partial charge in [-0.15, -0.1) is 0 Å². The second kappa shape index (κ2) is 8.20. The molecule has 0 atom stereocenters. The lowest BCUT2D eigenvalue weighted by atomic mass is 10.1. The zero-order valence-corrected chi connectivity index (χ0v) is 14.7. The maximum atomic E-state index is 6.07. The summed E-state index contributed by atoms with van der Waals surface area (Å²) in [7, 11) is 0. The number of hydrogen-bond acceptors (Lipinski definition) is 3. The molecule has 3 nitrogen and oxygen atoms in total. The van der Waals surface area contributed by atoms with Crippen molar-refractivity contribution in [2.75, 3.05) is 36.8 Å². The number of benzene rings is 2. The van der Waals surface area contributed by atoms with Crippen molar-refractivity contribution in [3.8, 4) is 0 Å². The Kier molecular flexibility index (Phi) is 5.76. The molecule has 2 aromatic rings. The summed E-state index contributed by atoms with van der Waals surface area (Å²) < 4.78 is 0. The van der Waals surface area contributed by atoms with Crippen LogP contribution in [0.3, 0.4) is 0 Å². The number of unbranched alkanes of at least 4 members (excludes halogenated alkanes) is 1. The maximum absolute atomic E-state index is 6.07. The standard InChI is InChI=1S/C21H29N3/c1-2-3-6-18-9-11-20(12-10-18)24-15-13-23(14-16-24)17-19-7-4-5-8-21(19)22/h4-5,7-12H,2-3,6,13-17,22H2,1H3. The predicted molar refractivity (Wildman–Crippen MR) is 103 cm³/mol. The summed E-state index contributed by atoms with van der Waals surface area (Å²) in [6.45, 7) is 7.55. The van der Waals surface area contributed by atoms with E-state index < -0.39 is 0 Å². The summed E-state index contributed by atoms with van der Waals surface area (Å²) in [5.41, 5.74) is 11.0. The minimum atomic E-state index is 0.905. The van der Waals surface area contributed by atoms with Gasteiger partial charge in [0.2, 0.25) is 0 Å². The molecule has 0 radical (unpaired) electrons. The summed E-state index contributed by atoms with van der Waals surface area (Å²) in [6.07, 6.45) is 3.74. The van der Waals surface area contributed by atoms with Crippen molar-refractivity contribution in [3.63, 3.8) is 0 Å². The number of aryl methyl sites for hydroxylation is 1. The molecule has 1 heterocycles. The number of nitrogens with two attached hydrogens (primary N) is 1. The van der Waals surface area contributed by atoms with Gasteiger partial charge in [0.05, 0.1) is 0 Å². The van der Waals surface area contributed by atoms with Gasteiger partial charge in [-0.1, -0.05) is 43.7 Å². The Hall–Kier alpha value is -2.00. The molecule has 1 aliphatic heterocycles. The molecule has 0 unspecified atom stereocenters. The highest BCUT2D eigenvalue weighted by Crippen LogP contribution is 2.20. The van der Waals surface area contributed by atoms with E-state index in [-0.39, 0.29) is 0 Å². The Morgan fingerprint density at radius 3 is 2.29 bits per heavy atom. The minimum absolute atomic E-state index is 0.905. The Labute approximate surface area is 146 Å². The first kappa shape index (κ1) is 16.8. The molecule has 128 valence electrons. The van der Waals surface area contributed by atoms with Gasteiger partial charge in [0.25, 0.3) is 0 Å². The molecule has 1 aliphatic rings. The van der Waals surface area contributed by atoms with Crippen LogP contribution in [0.25, 0.3) is 0 Å². The fourth-order valence-corrected chi connectivity index (χ4v) is 3.34. The zero-order valence-electron chi connectivity index (χ0n) is 14.7. The topological polar surface area (TPSA) is 32.5 Å². The van der Waals surface area contributed by atoms with Crippen LogP contribution >= 0.6 is 0 Å². The fraction of sp³-hybridized carbons (Fsp3) is 0.429. The number of para-hydroxylation sites is 1. The maximum Gasteiger partial charge on any atom is 0.0367 e. The summed E-state index contributed by atoms with van der Waals surface area (Å²) in [5.74, 6) is 0. The van der Waals surface area contributed by atoms with Crippen LogP contribution in [0.2, 0.25) is 0 Å². The third-order valence-electron chi connectivity index (χ3n) is 4.94. The van der Waals surface area contributed by atoms with Crippen LogP contribution in [0.4, 0.5) is 11.4 Å².